The SMILES string of the molecule is CCC(C)C(O)CNC(=O)NCCN1CCc2sccc2C1. The summed E-state index contributed by atoms with van der Waals surface area (Å²) >= 11 is 1.84. The number of aliphatic hydroxyl groups excluding tert-OH is 1. The lowest BCUT2D eigenvalue weighted by molar-refractivity contribution is 0.114. The first-order valence-electron chi connectivity index (χ1n) is 8.07. The third-order valence-corrected chi connectivity index (χ3v) is 5.40. The van der Waals surface area contributed by atoms with Gasteiger partial charge in [-0.05, 0) is 29.3 Å². The minimum absolute atomic E-state index is 0.199. The van der Waals surface area contributed by atoms with E-state index in [0.29, 0.717) is 13.1 Å². The van der Waals surface area contributed by atoms with Gasteiger partial charge in [0.2, 0.25) is 0 Å². The van der Waals surface area contributed by atoms with E-state index in [1.807, 2.05) is 25.2 Å². The second kappa shape index (κ2) is 8.50. The fourth-order valence-electron chi connectivity index (χ4n) is 2.56. The van der Waals surface area contributed by atoms with Gasteiger partial charge in [0.25, 0.3) is 0 Å². The third kappa shape index (κ3) is 4.97. The number of amides is 2. The number of hydrogen-bond acceptors (Lipinski definition) is 4. The predicted octanol–water partition coefficient (Wildman–Crippen LogP) is 1.81. The second-order valence-corrected chi connectivity index (χ2v) is 6.99. The Bertz CT molecular complexity index is 478. The molecule has 2 unspecified atom stereocenters. The van der Waals surface area contributed by atoms with Crippen LogP contribution in [0.25, 0.3) is 0 Å². The van der Waals surface area contributed by atoms with Crippen LogP contribution in [0, 0.1) is 5.92 Å². The molecule has 0 radical (unpaired) electrons. The van der Waals surface area contributed by atoms with Crippen molar-refractivity contribution in [3.8, 4) is 0 Å². The molecule has 3 N–H and O–H groups in total. The van der Waals surface area contributed by atoms with E-state index in [0.717, 1.165) is 32.5 Å². The van der Waals surface area contributed by atoms with Crippen molar-refractivity contribution in [2.24, 2.45) is 5.92 Å². The van der Waals surface area contributed by atoms with Gasteiger partial charge in [-0.1, -0.05) is 20.3 Å². The Balaban J connectivity index is 1.60. The van der Waals surface area contributed by atoms with Gasteiger partial charge in [0.05, 0.1) is 6.10 Å². The highest BCUT2D eigenvalue weighted by Gasteiger charge is 2.17. The average Bonchev–Trinajstić information content (AvgIpc) is 2.99. The Labute approximate surface area is 136 Å². The fourth-order valence-corrected chi connectivity index (χ4v) is 3.45. The largest absolute Gasteiger partial charge is 0.391 e. The number of thiophene rings is 1. The monoisotopic (exact) mass is 325 g/mol. The van der Waals surface area contributed by atoms with Gasteiger partial charge in [-0.3, -0.25) is 4.90 Å². The molecule has 0 saturated carbocycles. The number of hydrogen-bond donors (Lipinski definition) is 3. The van der Waals surface area contributed by atoms with Gasteiger partial charge in [0.1, 0.15) is 0 Å². The molecule has 0 spiro atoms. The molecule has 6 heteroatoms. The van der Waals surface area contributed by atoms with Gasteiger partial charge in [0, 0.05) is 37.6 Å². The van der Waals surface area contributed by atoms with Gasteiger partial charge in [-0.25, -0.2) is 4.79 Å². The van der Waals surface area contributed by atoms with Gasteiger partial charge >= 0.3 is 6.03 Å². The molecular weight excluding hydrogens is 298 g/mol. The van der Waals surface area contributed by atoms with E-state index in [9.17, 15) is 9.90 Å². The van der Waals surface area contributed by atoms with Crippen molar-refractivity contribution in [3.63, 3.8) is 0 Å². The molecule has 0 bridgehead atoms. The van der Waals surface area contributed by atoms with E-state index in [-0.39, 0.29) is 11.9 Å². The Morgan fingerprint density at radius 1 is 1.50 bits per heavy atom. The number of carbonyl (C=O) groups excluding carboxylic acids is 1. The van der Waals surface area contributed by atoms with E-state index in [1.54, 1.807) is 0 Å². The van der Waals surface area contributed by atoms with Crippen molar-refractivity contribution in [1.29, 1.82) is 0 Å². The lowest BCUT2D eigenvalue weighted by Crippen LogP contribution is -2.44. The Morgan fingerprint density at radius 2 is 2.32 bits per heavy atom. The van der Waals surface area contributed by atoms with Gasteiger partial charge < -0.3 is 15.7 Å². The van der Waals surface area contributed by atoms with Crippen LogP contribution >= 0.6 is 11.3 Å². The Hall–Kier alpha value is -1.11. The maximum atomic E-state index is 11.7. The normalized spacial score (nSPS) is 17.6. The molecule has 5 nitrogen and oxygen atoms in total. The lowest BCUT2D eigenvalue weighted by Gasteiger charge is -2.26. The molecule has 22 heavy (non-hydrogen) atoms. The summed E-state index contributed by atoms with van der Waals surface area (Å²) in [7, 11) is 0. The molecule has 2 rings (SSSR count). The number of nitrogens with one attached hydrogen (secondary N) is 2. The fraction of sp³-hybridized carbons (Fsp3) is 0.688. The summed E-state index contributed by atoms with van der Waals surface area (Å²) < 4.78 is 0. The van der Waals surface area contributed by atoms with Crippen molar-refractivity contribution < 1.29 is 9.90 Å². The third-order valence-electron chi connectivity index (χ3n) is 4.37. The number of rotatable bonds is 7. The van der Waals surface area contributed by atoms with Crippen LogP contribution in [-0.4, -0.2) is 48.3 Å². The first kappa shape index (κ1) is 17.2. The van der Waals surface area contributed by atoms with E-state index >= 15 is 0 Å². The predicted molar refractivity (Wildman–Crippen MR) is 90.2 cm³/mol. The maximum Gasteiger partial charge on any atom is 0.314 e. The van der Waals surface area contributed by atoms with Crippen LogP contribution in [0.15, 0.2) is 11.4 Å². The summed E-state index contributed by atoms with van der Waals surface area (Å²) in [6.45, 7) is 7.85. The summed E-state index contributed by atoms with van der Waals surface area (Å²) in [6, 6.07) is 2.00. The van der Waals surface area contributed by atoms with Gasteiger partial charge in [-0.2, -0.15) is 0 Å². The lowest BCUT2D eigenvalue weighted by atomic mass is 10.0. The Kier molecular flexibility index (Phi) is 6.67. The highest BCUT2D eigenvalue weighted by molar-refractivity contribution is 7.10. The molecule has 2 atom stereocenters. The van der Waals surface area contributed by atoms with Crippen molar-refractivity contribution in [1.82, 2.24) is 15.5 Å². The van der Waals surface area contributed by atoms with Crippen molar-refractivity contribution in [2.45, 2.75) is 39.3 Å². The molecule has 0 fully saturated rings. The number of carbonyl (C=O) groups is 1. The van der Waals surface area contributed by atoms with Crippen LogP contribution in [0.5, 0.6) is 0 Å². The molecule has 0 saturated heterocycles. The van der Waals surface area contributed by atoms with E-state index < -0.39 is 6.10 Å². The van der Waals surface area contributed by atoms with Crippen molar-refractivity contribution in [2.75, 3.05) is 26.2 Å². The van der Waals surface area contributed by atoms with Crippen LogP contribution < -0.4 is 10.6 Å². The number of urea groups is 1. The molecule has 2 heterocycles. The van der Waals surface area contributed by atoms with Gasteiger partial charge in [-0.15, -0.1) is 11.3 Å². The molecular formula is C16H27N3O2S. The zero-order valence-electron chi connectivity index (χ0n) is 13.5. The van der Waals surface area contributed by atoms with E-state index in [1.165, 1.54) is 10.4 Å². The van der Waals surface area contributed by atoms with Crippen LogP contribution in [0.4, 0.5) is 4.79 Å². The quantitative estimate of drug-likeness (QED) is 0.716. The standard InChI is InChI=1S/C16H27N3O2S/c1-3-12(2)14(20)10-18-16(21)17-6-8-19-7-4-15-13(11-19)5-9-22-15/h5,9,12,14,20H,3-4,6-8,10-11H2,1-2H3,(H2,17,18,21). The maximum absolute atomic E-state index is 11.7. The van der Waals surface area contributed by atoms with E-state index in [2.05, 4.69) is 27.0 Å². The summed E-state index contributed by atoms with van der Waals surface area (Å²) in [6.07, 6.45) is 1.54. The molecule has 0 aromatic carbocycles. The van der Waals surface area contributed by atoms with Crippen molar-refractivity contribution >= 4 is 17.4 Å². The Morgan fingerprint density at radius 3 is 3.09 bits per heavy atom. The van der Waals surface area contributed by atoms with Crippen LogP contribution in [0.3, 0.4) is 0 Å². The van der Waals surface area contributed by atoms with E-state index in [4.69, 9.17) is 0 Å². The smallest absolute Gasteiger partial charge is 0.314 e. The minimum Gasteiger partial charge on any atom is -0.391 e. The van der Waals surface area contributed by atoms with Crippen LogP contribution in [-0.2, 0) is 13.0 Å². The zero-order valence-corrected chi connectivity index (χ0v) is 14.3. The number of aliphatic hydroxyl groups is 1. The highest BCUT2D eigenvalue weighted by atomic mass is 32.1. The topological polar surface area (TPSA) is 64.6 Å². The average molecular weight is 325 g/mol. The molecule has 0 aliphatic carbocycles. The summed E-state index contributed by atoms with van der Waals surface area (Å²) in [5.41, 5.74) is 1.43. The van der Waals surface area contributed by atoms with Crippen molar-refractivity contribution in [3.05, 3.63) is 21.9 Å². The first-order chi connectivity index (χ1) is 10.6. The molecule has 1 aromatic heterocycles. The molecule has 124 valence electrons. The molecule has 1 aliphatic rings. The van der Waals surface area contributed by atoms with Crippen LogP contribution in [0.1, 0.15) is 30.7 Å². The number of fused-ring (bicyclic) bond motifs is 1. The molecule has 2 amide bonds. The molecule has 1 aliphatic heterocycles. The highest BCUT2D eigenvalue weighted by Crippen LogP contribution is 2.23. The summed E-state index contributed by atoms with van der Waals surface area (Å²) in [4.78, 5) is 15.6. The number of nitrogens with zero attached hydrogens (tertiary/aromatic N) is 1. The second-order valence-electron chi connectivity index (χ2n) is 5.98. The molecule has 1 aromatic rings. The zero-order chi connectivity index (χ0) is 15.9. The minimum atomic E-state index is -0.477. The van der Waals surface area contributed by atoms with Gasteiger partial charge in [0.15, 0.2) is 0 Å². The van der Waals surface area contributed by atoms with Crippen LogP contribution in [0.2, 0.25) is 0 Å². The summed E-state index contributed by atoms with van der Waals surface area (Å²) in [5, 5.41) is 17.6. The summed E-state index contributed by atoms with van der Waals surface area (Å²) in [5.74, 6) is 0.202. The first-order valence-corrected chi connectivity index (χ1v) is 8.95.